The number of furan rings is 1. The second kappa shape index (κ2) is 7.18. The van der Waals surface area contributed by atoms with Gasteiger partial charge in [0.05, 0.1) is 18.8 Å². The number of allylic oxidation sites excluding steroid dienone is 5. The van der Waals surface area contributed by atoms with Gasteiger partial charge in [-0.1, -0.05) is 25.7 Å². The maximum atomic E-state index is 14.0. The quantitative estimate of drug-likeness (QED) is 0.438. The van der Waals surface area contributed by atoms with Crippen LogP contribution in [0.5, 0.6) is 0 Å². The molecule has 1 aromatic carbocycles. The van der Waals surface area contributed by atoms with Crippen LogP contribution in [0, 0.1) is 5.82 Å². The third-order valence-electron chi connectivity index (χ3n) is 3.70. The molecule has 0 atom stereocenters. The average Bonchev–Trinajstić information content (AvgIpc) is 3.00. The van der Waals surface area contributed by atoms with E-state index >= 15 is 0 Å². The maximum absolute atomic E-state index is 14.0. The van der Waals surface area contributed by atoms with E-state index in [1.165, 1.54) is 12.3 Å². The van der Waals surface area contributed by atoms with Crippen LogP contribution < -0.4 is 5.73 Å². The van der Waals surface area contributed by atoms with Crippen molar-refractivity contribution in [2.75, 3.05) is 12.8 Å². The number of nitrogens with two attached hydrogens (primary N) is 1. The van der Waals surface area contributed by atoms with Crippen molar-refractivity contribution in [3.05, 3.63) is 59.8 Å². The molecule has 1 aromatic heterocycles. The van der Waals surface area contributed by atoms with E-state index in [0.29, 0.717) is 27.8 Å². The van der Waals surface area contributed by atoms with E-state index in [2.05, 4.69) is 13.5 Å². The van der Waals surface area contributed by atoms with Gasteiger partial charge in [0.25, 0.3) is 0 Å². The largest absolute Gasteiger partial charge is 0.500 e. The molecule has 0 radical (unpaired) electrons. The highest BCUT2D eigenvalue weighted by atomic mass is 19.1. The minimum Gasteiger partial charge on any atom is -0.500 e. The van der Waals surface area contributed by atoms with Crippen LogP contribution in [0.2, 0.25) is 0 Å². The van der Waals surface area contributed by atoms with Gasteiger partial charge >= 0.3 is 0 Å². The summed E-state index contributed by atoms with van der Waals surface area (Å²) >= 11 is 0. The number of anilines is 1. The van der Waals surface area contributed by atoms with Crippen LogP contribution in [0.1, 0.15) is 32.3 Å². The van der Waals surface area contributed by atoms with E-state index in [1.54, 1.807) is 13.2 Å². The topological polar surface area (TPSA) is 48.4 Å². The Labute approximate surface area is 135 Å². The zero-order chi connectivity index (χ0) is 17.0. The van der Waals surface area contributed by atoms with Crippen molar-refractivity contribution in [3.8, 4) is 0 Å². The fourth-order valence-corrected chi connectivity index (χ4v) is 2.66. The van der Waals surface area contributed by atoms with Crippen molar-refractivity contribution in [2.45, 2.75) is 26.7 Å². The van der Waals surface area contributed by atoms with Gasteiger partial charge in [-0.15, -0.1) is 0 Å². The summed E-state index contributed by atoms with van der Waals surface area (Å²) in [6.45, 7) is 8.16. The van der Waals surface area contributed by atoms with Gasteiger partial charge in [0.15, 0.2) is 0 Å². The van der Waals surface area contributed by atoms with Crippen molar-refractivity contribution in [1.29, 1.82) is 0 Å². The van der Waals surface area contributed by atoms with E-state index in [9.17, 15) is 4.39 Å². The predicted molar refractivity (Wildman–Crippen MR) is 93.4 cm³/mol. The number of ether oxygens (including phenoxy) is 1. The zero-order valence-corrected chi connectivity index (χ0v) is 13.8. The highest BCUT2D eigenvalue weighted by Crippen LogP contribution is 2.37. The molecule has 4 heteroatoms. The van der Waals surface area contributed by atoms with Crippen LogP contribution in [-0.2, 0) is 4.74 Å². The molecule has 0 saturated heterocycles. The molecule has 0 aliphatic heterocycles. The lowest BCUT2D eigenvalue weighted by Gasteiger charge is -2.16. The SMILES string of the molecule is C=C(C(/C=C\C)=C(/CCC)OC)c1c(N)cc(F)c2ccoc12. The Bertz CT molecular complexity index is 784. The molecule has 0 amide bonds. The first-order valence-corrected chi connectivity index (χ1v) is 7.59. The minimum absolute atomic E-state index is 0.295. The number of rotatable bonds is 6. The maximum Gasteiger partial charge on any atom is 0.146 e. The van der Waals surface area contributed by atoms with E-state index in [0.717, 1.165) is 24.2 Å². The van der Waals surface area contributed by atoms with E-state index in [-0.39, 0.29) is 0 Å². The van der Waals surface area contributed by atoms with Crippen LogP contribution >= 0.6 is 0 Å². The molecular weight excluding hydrogens is 293 g/mol. The van der Waals surface area contributed by atoms with Gasteiger partial charge in [0, 0.05) is 23.2 Å². The molecule has 0 spiro atoms. The van der Waals surface area contributed by atoms with Gasteiger partial charge in [-0.2, -0.15) is 0 Å². The molecule has 0 saturated carbocycles. The van der Waals surface area contributed by atoms with Crippen LogP contribution in [0.15, 0.2) is 52.9 Å². The van der Waals surface area contributed by atoms with Crippen molar-refractivity contribution >= 4 is 22.2 Å². The molecule has 1 heterocycles. The second-order valence-corrected chi connectivity index (χ2v) is 5.26. The molecule has 122 valence electrons. The van der Waals surface area contributed by atoms with Crippen LogP contribution in [-0.4, -0.2) is 7.11 Å². The zero-order valence-electron chi connectivity index (χ0n) is 13.8. The summed E-state index contributed by atoms with van der Waals surface area (Å²) in [4.78, 5) is 0. The molecule has 0 fully saturated rings. The molecule has 0 aliphatic carbocycles. The first-order chi connectivity index (χ1) is 11.0. The number of benzene rings is 1. The third-order valence-corrected chi connectivity index (χ3v) is 3.70. The fraction of sp³-hybridized carbons (Fsp3) is 0.263. The Morgan fingerprint density at radius 3 is 2.83 bits per heavy atom. The molecule has 0 unspecified atom stereocenters. The molecule has 2 rings (SSSR count). The lowest BCUT2D eigenvalue weighted by atomic mass is 9.94. The molecular formula is C19H22FNO2. The monoisotopic (exact) mass is 315 g/mol. The normalized spacial score (nSPS) is 12.7. The number of nitrogen functional groups attached to an aromatic ring is 1. The summed E-state index contributed by atoms with van der Waals surface area (Å²) < 4.78 is 25.0. The molecule has 0 bridgehead atoms. The van der Waals surface area contributed by atoms with Crippen LogP contribution in [0.4, 0.5) is 10.1 Å². The Morgan fingerprint density at radius 1 is 1.48 bits per heavy atom. The number of hydrogen-bond acceptors (Lipinski definition) is 3. The second-order valence-electron chi connectivity index (χ2n) is 5.26. The first kappa shape index (κ1) is 16.9. The smallest absolute Gasteiger partial charge is 0.146 e. The Hall–Kier alpha value is -2.49. The summed E-state index contributed by atoms with van der Waals surface area (Å²) in [6, 6.07) is 2.89. The van der Waals surface area contributed by atoms with Crippen LogP contribution in [0.25, 0.3) is 16.5 Å². The number of fused-ring (bicyclic) bond motifs is 1. The molecule has 0 aliphatic rings. The Morgan fingerprint density at radius 2 is 2.22 bits per heavy atom. The summed E-state index contributed by atoms with van der Waals surface area (Å²) in [5.74, 6) is 0.416. The van der Waals surface area contributed by atoms with Crippen molar-refractivity contribution in [2.24, 2.45) is 0 Å². The van der Waals surface area contributed by atoms with Crippen molar-refractivity contribution < 1.29 is 13.5 Å². The predicted octanol–water partition coefficient (Wildman–Crippen LogP) is 5.44. The molecule has 2 aromatic rings. The summed E-state index contributed by atoms with van der Waals surface area (Å²) in [6.07, 6.45) is 7.00. The summed E-state index contributed by atoms with van der Waals surface area (Å²) in [5.41, 5.74) is 8.85. The Balaban J connectivity index is 2.69. The summed E-state index contributed by atoms with van der Waals surface area (Å²) in [5, 5.41) is 0.393. The van der Waals surface area contributed by atoms with Crippen molar-refractivity contribution in [1.82, 2.24) is 0 Å². The number of methoxy groups -OCH3 is 1. The lowest BCUT2D eigenvalue weighted by molar-refractivity contribution is 0.274. The van der Waals surface area contributed by atoms with E-state index < -0.39 is 5.82 Å². The number of halogens is 1. The Kier molecular flexibility index (Phi) is 5.27. The first-order valence-electron chi connectivity index (χ1n) is 7.59. The number of hydrogen-bond donors (Lipinski definition) is 1. The molecule has 3 nitrogen and oxygen atoms in total. The highest BCUT2D eigenvalue weighted by molar-refractivity contribution is 6.00. The van der Waals surface area contributed by atoms with E-state index in [1.807, 2.05) is 19.1 Å². The van der Waals surface area contributed by atoms with Gasteiger partial charge < -0.3 is 14.9 Å². The van der Waals surface area contributed by atoms with Gasteiger partial charge in [0.2, 0.25) is 0 Å². The average molecular weight is 315 g/mol. The van der Waals surface area contributed by atoms with Gasteiger partial charge in [0.1, 0.15) is 17.2 Å². The minimum atomic E-state index is -0.403. The van der Waals surface area contributed by atoms with Crippen LogP contribution in [0.3, 0.4) is 0 Å². The highest BCUT2D eigenvalue weighted by Gasteiger charge is 2.19. The summed E-state index contributed by atoms with van der Waals surface area (Å²) in [7, 11) is 1.64. The van der Waals surface area contributed by atoms with Crippen molar-refractivity contribution in [3.63, 3.8) is 0 Å². The lowest BCUT2D eigenvalue weighted by Crippen LogP contribution is -2.00. The standard InChI is InChI=1S/C19H22FNO2/c1-5-7-13(17(22-4)8-6-2)12(3)18-16(21)11-15(20)14-9-10-23-19(14)18/h5,7,9-11H,3,6,8,21H2,1-2,4H3/b7-5-,17-13-. The van der Waals surface area contributed by atoms with Gasteiger partial charge in [-0.05, 0) is 31.1 Å². The fourth-order valence-electron chi connectivity index (χ4n) is 2.66. The van der Waals surface area contributed by atoms with E-state index in [4.69, 9.17) is 14.9 Å². The third kappa shape index (κ3) is 3.16. The van der Waals surface area contributed by atoms with Gasteiger partial charge in [-0.25, -0.2) is 4.39 Å². The molecule has 2 N–H and O–H groups in total. The molecule has 23 heavy (non-hydrogen) atoms. The van der Waals surface area contributed by atoms with Gasteiger partial charge in [-0.3, -0.25) is 0 Å².